The number of nitrogens with zero attached hydrogens (tertiary/aromatic N) is 2. The number of benzene rings is 4. The first-order chi connectivity index (χ1) is 17.8. The molecule has 0 fully saturated rings. The van der Waals surface area contributed by atoms with Crippen molar-refractivity contribution in [2.45, 2.75) is 33.1 Å². The summed E-state index contributed by atoms with van der Waals surface area (Å²) in [6.45, 7) is 16.5. The molecule has 0 saturated heterocycles. The van der Waals surface area contributed by atoms with E-state index in [0.29, 0.717) is 5.69 Å². The molecular weight excluding hydrogens is 452 g/mol. The molecule has 1 aliphatic rings. The van der Waals surface area contributed by atoms with E-state index in [-0.39, 0.29) is 5.41 Å². The van der Waals surface area contributed by atoms with Crippen LogP contribution in [0.15, 0.2) is 77.3 Å². The summed E-state index contributed by atoms with van der Waals surface area (Å²) in [6.07, 6.45) is 2.18. The van der Waals surface area contributed by atoms with Gasteiger partial charge in [0.25, 0.3) is 0 Å². The maximum Gasteiger partial charge on any atom is 0.224 e. The van der Waals surface area contributed by atoms with Gasteiger partial charge in [0.05, 0.1) is 17.5 Å². The van der Waals surface area contributed by atoms with E-state index in [1.165, 1.54) is 49.8 Å². The van der Waals surface area contributed by atoms with Crippen molar-refractivity contribution in [1.82, 2.24) is 0 Å². The summed E-state index contributed by atoms with van der Waals surface area (Å²) in [5.41, 5.74) is 12.2. The average molecular weight is 480 g/mol. The summed E-state index contributed by atoms with van der Waals surface area (Å²) >= 11 is 0. The lowest BCUT2D eigenvalue weighted by atomic mass is 9.79. The zero-order chi connectivity index (χ0) is 25.6. The number of aromatic nitrogens is 1. The third-order valence-electron chi connectivity index (χ3n) is 8.46. The first kappa shape index (κ1) is 21.8. The molecule has 0 unspecified atom stereocenters. The van der Waals surface area contributed by atoms with E-state index in [4.69, 9.17) is 11.0 Å². The van der Waals surface area contributed by atoms with E-state index in [9.17, 15) is 0 Å². The summed E-state index contributed by atoms with van der Waals surface area (Å²) < 4.78 is 8.78. The number of rotatable bonds is 1. The molecule has 2 aromatic heterocycles. The van der Waals surface area contributed by atoms with Crippen LogP contribution in [-0.2, 0) is 12.5 Å². The fourth-order valence-corrected chi connectivity index (χ4v) is 6.52. The minimum atomic E-state index is -0.210. The summed E-state index contributed by atoms with van der Waals surface area (Å²) in [7, 11) is 2.13. The van der Waals surface area contributed by atoms with Gasteiger partial charge >= 0.3 is 0 Å². The van der Waals surface area contributed by atoms with E-state index in [1.807, 2.05) is 12.1 Å². The average Bonchev–Trinajstić information content (AvgIpc) is 3.37. The van der Waals surface area contributed by atoms with Crippen molar-refractivity contribution in [3.05, 3.63) is 107 Å². The second kappa shape index (κ2) is 7.31. The van der Waals surface area contributed by atoms with Crippen LogP contribution in [0.4, 0.5) is 5.69 Å². The molecule has 0 atom stereocenters. The number of pyridine rings is 1. The highest BCUT2D eigenvalue weighted by Crippen LogP contribution is 2.53. The molecule has 4 aromatic carbocycles. The van der Waals surface area contributed by atoms with Crippen LogP contribution in [0.2, 0.25) is 0 Å². The fraction of sp³-hybridized carbons (Fsp3) is 0.176. The van der Waals surface area contributed by atoms with E-state index in [0.717, 1.165) is 27.5 Å². The van der Waals surface area contributed by atoms with Crippen molar-refractivity contribution in [2.75, 3.05) is 0 Å². The Morgan fingerprint density at radius 1 is 0.838 bits per heavy atom. The minimum Gasteiger partial charge on any atom is -0.455 e. The predicted molar refractivity (Wildman–Crippen MR) is 151 cm³/mol. The predicted octanol–water partition coefficient (Wildman–Crippen LogP) is 8.70. The third-order valence-corrected chi connectivity index (χ3v) is 8.46. The molecule has 7 rings (SSSR count). The van der Waals surface area contributed by atoms with E-state index < -0.39 is 0 Å². The molecule has 0 bridgehead atoms. The summed E-state index contributed by atoms with van der Waals surface area (Å²) in [5.74, 6) is 0. The van der Waals surface area contributed by atoms with Gasteiger partial charge < -0.3 is 4.42 Å². The van der Waals surface area contributed by atoms with Gasteiger partial charge in [-0.15, -0.1) is 0 Å². The molecule has 1 aliphatic carbocycles. The van der Waals surface area contributed by atoms with Gasteiger partial charge in [-0.1, -0.05) is 56.3 Å². The van der Waals surface area contributed by atoms with Crippen LogP contribution in [0, 0.1) is 20.4 Å². The summed E-state index contributed by atoms with van der Waals surface area (Å²) in [5, 5.41) is 4.77. The number of para-hydroxylation sites is 1. The second-order valence-corrected chi connectivity index (χ2v) is 10.9. The lowest BCUT2D eigenvalue weighted by Gasteiger charge is -2.23. The Bertz CT molecular complexity index is 2000. The Balaban J connectivity index is 1.60. The lowest BCUT2D eigenvalue weighted by Crippen LogP contribution is -2.31. The third kappa shape index (κ3) is 2.79. The smallest absolute Gasteiger partial charge is 0.224 e. The second-order valence-electron chi connectivity index (χ2n) is 10.9. The molecule has 0 radical (unpaired) electrons. The Kier molecular flexibility index (Phi) is 4.31. The SMILES string of the molecule is [C-]#[N+]c1ccc2c(c1)C(C)(C)c1c-2ccc2c(-c3c(C)c(C)cc4c3oc3ccccc34)[n+](C)ccc12. The molecule has 0 amide bonds. The summed E-state index contributed by atoms with van der Waals surface area (Å²) in [4.78, 5) is 3.71. The molecule has 2 heterocycles. The van der Waals surface area contributed by atoms with Crippen LogP contribution in [0.5, 0.6) is 0 Å². The first-order valence-corrected chi connectivity index (χ1v) is 12.7. The quantitative estimate of drug-likeness (QED) is 0.171. The highest BCUT2D eigenvalue weighted by molar-refractivity contribution is 6.13. The van der Waals surface area contributed by atoms with Crippen molar-refractivity contribution in [3.8, 4) is 22.4 Å². The van der Waals surface area contributed by atoms with Gasteiger partial charge in [0.2, 0.25) is 5.69 Å². The lowest BCUT2D eigenvalue weighted by molar-refractivity contribution is -0.659. The van der Waals surface area contributed by atoms with Crippen LogP contribution in [0.1, 0.15) is 36.1 Å². The van der Waals surface area contributed by atoms with Gasteiger partial charge in [0, 0.05) is 22.3 Å². The molecule has 3 heteroatoms. The minimum absolute atomic E-state index is 0.210. The molecule has 178 valence electrons. The molecule has 0 spiro atoms. The van der Waals surface area contributed by atoms with Crippen molar-refractivity contribution in [1.29, 1.82) is 0 Å². The van der Waals surface area contributed by atoms with Crippen molar-refractivity contribution in [2.24, 2.45) is 7.05 Å². The Hall–Kier alpha value is -4.42. The fourth-order valence-electron chi connectivity index (χ4n) is 6.52. The molecule has 0 N–H and O–H groups in total. The zero-order valence-corrected chi connectivity index (χ0v) is 21.7. The summed E-state index contributed by atoms with van der Waals surface area (Å²) in [6, 6.07) is 23.5. The molecular formula is C34H27N2O+. The van der Waals surface area contributed by atoms with Crippen LogP contribution in [0.25, 0.3) is 59.9 Å². The van der Waals surface area contributed by atoms with Gasteiger partial charge in [-0.25, -0.2) is 9.41 Å². The van der Waals surface area contributed by atoms with E-state index in [2.05, 4.69) is 105 Å². The van der Waals surface area contributed by atoms with Crippen molar-refractivity contribution in [3.63, 3.8) is 0 Å². The normalized spacial score (nSPS) is 13.7. The molecule has 6 aromatic rings. The highest BCUT2D eigenvalue weighted by atomic mass is 16.3. The molecule has 0 saturated carbocycles. The number of hydrogen-bond acceptors (Lipinski definition) is 1. The Morgan fingerprint density at radius 3 is 2.43 bits per heavy atom. The van der Waals surface area contributed by atoms with Crippen LogP contribution in [0.3, 0.4) is 0 Å². The molecule has 37 heavy (non-hydrogen) atoms. The van der Waals surface area contributed by atoms with Crippen molar-refractivity contribution >= 4 is 38.4 Å². The zero-order valence-electron chi connectivity index (χ0n) is 21.7. The maximum absolute atomic E-state index is 7.53. The molecule has 0 aliphatic heterocycles. The van der Waals surface area contributed by atoms with Crippen molar-refractivity contribution < 1.29 is 8.98 Å². The topological polar surface area (TPSA) is 21.4 Å². The Morgan fingerprint density at radius 2 is 1.62 bits per heavy atom. The monoisotopic (exact) mass is 479 g/mol. The molecule has 3 nitrogen and oxygen atoms in total. The number of aryl methyl sites for hydroxylation is 2. The standard InChI is InChI=1S/C34H27N2O/c1-19-17-27-23-9-7-8-10-29(23)37-33(27)30(20(19)2)32-26-14-13-24-22-12-11-21(35-5)18-28(22)34(3,4)31(24)25(26)15-16-36(32)6/h7-18H,1-4,6H3/q+1. The Labute approximate surface area is 216 Å². The number of fused-ring (bicyclic) bond motifs is 8. The number of furan rings is 1. The van der Waals surface area contributed by atoms with Crippen LogP contribution >= 0.6 is 0 Å². The largest absolute Gasteiger partial charge is 0.455 e. The maximum atomic E-state index is 7.53. The van der Waals surface area contributed by atoms with Gasteiger partial charge in [-0.3, -0.25) is 0 Å². The van der Waals surface area contributed by atoms with Gasteiger partial charge in [0.15, 0.2) is 11.9 Å². The number of hydrogen-bond donors (Lipinski definition) is 0. The van der Waals surface area contributed by atoms with Gasteiger partial charge in [-0.05, 0) is 70.8 Å². The highest BCUT2D eigenvalue weighted by Gasteiger charge is 2.38. The first-order valence-electron chi connectivity index (χ1n) is 12.7. The van der Waals surface area contributed by atoms with Crippen LogP contribution in [-0.4, -0.2) is 0 Å². The van der Waals surface area contributed by atoms with E-state index in [1.54, 1.807) is 0 Å². The van der Waals surface area contributed by atoms with Crippen LogP contribution < -0.4 is 4.57 Å². The van der Waals surface area contributed by atoms with Gasteiger partial charge in [-0.2, -0.15) is 0 Å². The van der Waals surface area contributed by atoms with Gasteiger partial charge in [0.1, 0.15) is 18.2 Å². The van der Waals surface area contributed by atoms with E-state index >= 15 is 0 Å².